The molecule has 0 radical (unpaired) electrons. The van der Waals surface area contributed by atoms with Crippen molar-refractivity contribution in [3.63, 3.8) is 0 Å². The lowest BCUT2D eigenvalue weighted by atomic mass is 10.0. The van der Waals surface area contributed by atoms with Crippen LogP contribution in [-0.2, 0) is 13.6 Å². The molecular formula is C19H20N4. The van der Waals surface area contributed by atoms with Gasteiger partial charge in [-0.3, -0.25) is 14.6 Å². The van der Waals surface area contributed by atoms with Crippen LogP contribution in [0.5, 0.6) is 0 Å². The van der Waals surface area contributed by atoms with E-state index in [1.807, 2.05) is 30.2 Å². The molecule has 0 saturated carbocycles. The van der Waals surface area contributed by atoms with E-state index >= 15 is 0 Å². The Hall–Kier alpha value is -2.46. The highest BCUT2D eigenvalue weighted by Crippen LogP contribution is 2.24. The van der Waals surface area contributed by atoms with Crippen molar-refractivity contribution in [2.75, 3.05) is 13.1 Å². The van der Waals surface area contributed by atoms with Crippen LogP contribution in [-0.4, -0.2) is 32.8 Å². The molecule has 23 heavy (non-hydrogen) atoms. The van der Waals surface area contributed by atoms with Gasteiger partial charge in [-0.05, 0) is 29.7 Å². The topological polar surface area (TPSA) is 34.0 Å². The third kappa shape index (κ3) is 2.90. The first kappa shape index (κ1) is 14.2. The average Bonchev–Trinajstić information content (AvgIpc) is 3.02. The average molecular weight is 304 g/mol. The minimum Gasteiger partial charge on any atom is -0.294 e. The molecule has 1 aliphatic heterocycles. The monoisotopic (exact) mass is 304 g/mol. The molecule has 0 unspecified atom stereocenters. The summed E-state index contributed by atoms with van der Waals surface area (Å²) in [6.45, 7) is 3.03. The maximum atomic E-state index is 4.46. The maximum Gasteiger partial charge on any atom is 0.0705 e. The number of fused-ring (bicyclic) bond motifs is 1. The van der Waals surface area contributed by atoms with Gasteiger partial charge in [0, 0.05) is 50.0 Å². The normalized spacial score (nSPS) is 15.8. The molecule has 1 aliphatic rings. The molecule has 0 fully saturated rings. The lowest BCUT2D eigenvalue weighted by Gasteiger charge is -2.27. The smallest absolute Gasteiger partial charge is 0.0705 e. The van der Waals surface area contributed by atoms with E-state index in [0.717, 1.165) is 31.6 Å². The molecule has 4 heteroatoms. The highest BCUT2D eigenvalue weighted by atomic mass is 15.2. The Labute approximate surface area is 136 Å². The van der Waals surface area contributed by atoms with Gasteiger partial charge in [0.1, 0.15) is 0 Å². The minimum absolute atomic E-state index is 0.959. The highest BCUT2D eigenvalue weighted by Gasteiger charge is 2.16. The molecule has 0 saturated heterocycles. The number of hydrogen-bond acceptors (Lipinski definition) is 3. The summed E-state index contributed by atoms with van der Waals surface area (Å²) in [7, 11) is 1.97. The van der Waals surface area contributed by atoms with Crippen molar-refractivity contribution in [1.29, 1.82) is 0 Å². The first-order chi connectivity index (χ1) is 11.3. The van der Waals surface area contributed by atoms with Crippen molar-refractivity contribution in [2.24, 2.45) is 7.05 Å². The van der Waals surface area contributed by atoms with Gasteiger partial charge in [0.05, 0.1) is 11.7 Å². The summed E-state index contributed by atoms with van der Waals surface area (Å²) < 4.78 is 1.87. The SMILES string of the molecule is Cn1cc(C2=CCCN(Cc3cccc4ncccc34)C2)cn1. The summed E-state index contributed by atoms with van der Waals surface area (Å²) in [6.07, 6.45) is 9.34. The van der Waals surface area contributed by atoms with Crippen LogP contribution in [0.25, 0.3) is 16.5 Å². The van der Waals surface area contributed by atoms with E-state index in [1.54, 1.807) is 0 Å². The summed E-state index contributed by atoms with van der Waals surface area (Å²) in [4.78, 5) is 6.96. The van der Waals surface area contributed by atoms with Crippen molar-refractivity contribution < 1.29 is 0 Å². The Morgan fingerprint density at radius 1 is 1.17 bits per heavy atom. The predicted octanol–water partition coefficient (Wildman–Crippen LogP) is 3.26. The number of pyridine rings is 1. The molecule has 116 valence electrons. The molecule has 0 bridgehead atoms. The fourth-order valence-electron chi connectivity index (χ4n) is 3.28. The number of hydrogen-bond donors (Lipinski definition) is 0. The van der Waals surface area contributed by atoms with Gasteiger partial charge in [0.2, 0.25) is 0 Å². The fourth-order valence-corrected chi connectivity index (χ4v) is 3.28. The molecule has 3 heterocycles. The van der Waals surface area contributed by atoms with Gasteiger partial charge in [-0.15, -0.1) is 0 Å². The van der Waals surface area contributed by atoms with Gasteiger partial charge in [-0.1, -0.05) is 24.3 Å². The Kier molecular flexibility index (Phi) is 3.67. The number of nitrogens with zero attached hydrogens (tertiary/aromatic N) is 4. The number of benzene rings is 1. The molecule has 4 nitrogen and oxygen atoms in total. The molecule has 0 N–H and O–H groups in total. The summed E-state index contributed by atoms with van der Waals surface area (Å²) in [6, 6.07) is 10.6. The van der Waals surface area contributed by atoms with Crippen molar-refractivity contribution >= 4 is 16.5 Å². The second kappa shape index (κ2) is 5.97. The van der Waals surface area contributed by atoms with Crippen LogP contribution < -0.4 is 0 Å². The second-order valence-electron chi connectivity index (χ2n) is 6.12. The van der Waals surface area contributed by atoms with Crippen molar-refractivity contribution in [1.82, 2.24) is 19.7 Å². The van der Waals surface area contributed by atoms with E-state index in [-0.39, 0.29) is 0 Å². The van der Waals surface area contributed by atoms with Crippen LogP contribution in [0, 0.1) is 0 Å². The third-order valence-corrected chi connectivity index (χ3v) is 4.44. The van der Waals surface area contributed by atoms with Gasteiger partial charge < -0.3 is 0 Å². The Morgan fingerprint density at radius 3 is 3.00 bits per heavy atom. The van der Waals surface area contributed by atoms with E-state index in [0.29, 0.717) is 0 Å². The van der Waals surface area contributed by atoms with Gasteiger partial charge in [0.25, 0.3) is 0 Å². The van der Waals surface area contributed by atoms with Crippen LogP contribution in [0.4, 0.5) is 0 Å². The lowest BCUT2D eigenvalue weighted by molar-refractivity contribution is 0.297. The molecule has 2 aromatic heterocycles. The van der Waals surface area contributed by atoms with Gasteiger partial charge in [-0.25, -0.2) is 0 Å². The Morgan fingerprint density at radius 2 is 2.13 bits per heavy atom. The van der Waals surface area contributed by atoms with Crippen molar-refractivity contribution in [3.8, 4) is 0 Å². The number of aromatic nitrogens is 3. The maximum absolute atomic E-state index is 4.46. The molecule has 4 rings (SSSR count). The quantitative estimate of drug-likeness (QED) is 0.745. The van der Waals surface area contributed by atoms with Crippen LogP contribution in [0.3, 0.4) is 0 Å². The third-order valence-electron chi connectivity index (χ3n) is 4.44. The molecule has 0 aliphatic carbocycles. The van der Waals surface area contributed by atoms with E-state index in [1.165, 1.54) is 22.1 Å². The van der Waals surface area contributed by atoms with Crippen LogP contribution >= 0.6 is 0 Å². The second-order valence-corrected chi connectivity index (χ2v) is 6.12. The first-order valence-electron chi connectivity index (χ1n) is 8.02. The van der Waals surface area contributed by atoms with Crippen LogP contribution in [0.1, 0.15) is 17.5 Å². The van der Waals surface area contributed by atoms with Gasteiger partial charge in [0.15, 0.2) is 0 Å². The number of rotatable bonds is 3. The van der Waals surface area contributed by atoms with E-state index < -0.39 is 0 Å². The van der Waals surface area contributed by atoms with Crippen molar-refractivity contribution in [2.45, 2.75) is 13.0 Å². The van der Waals surface area contributed by atoms with Crippen molar-refractivity contribution in [3.05, 3.63) is 66.1 Å². The standard InChI is InChI=1S/C19H20N4/c1-22-12-17(11-21-22)15-6-4-10-23(13-15)14-16-5-2-8-19-18(16)7-3-9-20-19/h2-3,5-9,11-12H,4,10,13-14H2,1H3. The first-order valence-corrected chi connectivity index (χ1v) is 8.02. The van der Waals surface area contributed by atoms with E-state index in [2.05, 4.69) is 51.5 Å². The zero-order valence-electron chi connectivity index (χ0n) is 13.3. The van der Waals surface area contributed by atoms with E-state index in [4.69, 9.17) is 0 Å². The fraction of sp³-hybridized carbons (Fsp3) is 0.263. The molecular weight excluding hydrogens is 284 g/mol. The summed E-state index contributed by atoms with van der Waals surface area (Å²) in [5.74, 6) is 0. The Balaban J connectivity index is 1.56. The summed E-state index contributed by atoms with van der Waals surface area (Å²) in [5, 5.41) is 5.55. The molecule has 1 aromatic carbocycles. The number of aryl methyl sites for hydroxylation is 1. The summed E-state index contributed by atoms with van der Waals surface area (Å²) >= 11 is 0. The molecule has 0 amide bonds. The molecule has 0 atom stereocenters. The van der Waals surface area contributed by atoms with Crippen LogP contribution in [0.15, 0.2) is 55.0 Å². The zero-order valence-corrected chi connectivity index (χ0v) is 13.3. The zero-order chi connectivity index (χ0) is 15.6. The van der Waals surface area contributed by atoms with Crippen LogP contribution in [0.2, 0.25) is 0 Å². The van der Waals surface area contributed by atoms with E-state index in [9.17, 15) is 0 Å². The van der Waals surface area contributed by atoms with Gasteiger partial charge >= 0.3 is 0 Å². The van der Waals surface area contributed by atoms with Gasteiger partial charge in [-0.2, -0.15) is 5.10 Å². The lowest BCUT2D eigenvalue weighted by Crippen LogP contribution is -2.29. The highest BCUT2D eigenvalue weighted by molar-refractivity contribution is 5.81. The predicted molar refractivity (Wildman–Crippen MR) is 92.8 cm³/mol. The largest absolute Gasteiger partial charge is 0.294 e. The molecule has 3 aromatic rings. The summed E-state index contributed by atoms with van der Waals surface area (Å²) in [5.41, 5.74) is 5.03. The minimum atomic E-state index is 0.959. The molecule has 0 spiro atoms. The Bertz CT molecular complexity index is 857.